The number of aromatic nitrogens is 4. The van der Waals surface area contributed by atoms with Gasteiger partial charge in [-0.2, -0.15) is 0 Å². The summed E-state index contributed by atoms with van der Waals surface area (Å²) >= 11 is 6.42. The topological polar surface area (TPSA) is 46.8 Å². The van der Waals surface area contributed by atoms with Crippen LogP contribution in [0, 0.1) is 0 Å². The molecule has 0 aliphatic rings. The standard InChI is InChI=1S/C23H22ClN5/c24-22-14-8-7-13-21(22)17-28(15-19-9-3-1-4-10-19)18-23-25-26-27-29(23)16-20-11-5-2-6-12-20/h1-14H,15-18H2. The Kier molecular flexibility index (Phi) is 6.29. The summed E-state index contributed by atoms with van der Waals surface area (Å²) in [6.45, 7) is 2.77. The number of hydrogen-bond acceptors (Lipinski definition) is 4. The number of benzene rings is 3. The third kappa shape index (κ3) is 5.28. The maximum absolute atomic E-state index is 6.42. The third-order valence-corrected chi connectivity index (χ3v) is 5.12. The molecule has 0 aliphatic carbocycles. The lowest BCUT2D eigenvalue weighted by molar-refractivity contribution is 0.237. The molecule has 4 aromatic rings. The van der Waals surface area contributed by atoms with E-state index < -0.39 is 0 Å². The van der Waals surface area contributed by atoms with Crippen LogP contribution in [0.25, 0.3) is 0 Å². The van der Waals surface area contributed by atoms with E-state index in [2.05, 4.69) is 62.9 Å². The van der Waals surface area contributed by atoms with Gasteiger partial charge in [0, 0.05) is 18.1 Å². The Bertz CT molecular complexity index is 1030. The normalized spacial score (nSPS) is 11.1. The summed E-state index contributed by atoms with van der Waals surface area (Å²) in [5, 5.41) is 13.2. The molecule has 0 saturated heterocycles. The number of hydrogen-bond donors (Lipinski definition) is 0. The first-order valence-electron chi connectivity index (χ1n) is 9.56. The molecule has 0 radical (unpaired) electrons. The Morgan fingerprint density at radius 3 is 2.10 bits per heavy atom. The third-order valence-electron chi connectivity index (χ3n) is 4.75. The van der Waals surface area contributed by atoms with Gasteiger partial charge in [-0.1, -0.05) is 90.5 Å². The van der Waals surface area contributed by atoms with Gasteiger partial charge in [-0.3, -0.25) is 4.90 Å². The van der Waals surface area contributed by atoms with E-state index in [0.29, 0.717) is 19.6 Å². The van der Waals surface area contributed by atoms with Gasteiger partial charge in [-0.05, 0) is 33.2 Å². The molecule has 0 aliphatic heterocycles. The van der Waals surface area contributed by atoms with E-state index in [1.807, 2.05) is 47.1 Å². The number of nitrogens with zero attached hydrogens (tertiary/aromatic N) is 5. The van der Waals surface area contributed by atoms with Crippen molar-refractivity contribution in [3.05, 3.63) is 112 Å². The highest BCUT2D eigenvalue weighted by Gasteiger charge is 2.15. The highest BCUT2D eigenvalue weighted by Crippen LogP contribution is 2.20. The molecule has 5 nitrogen and oxygen atoms in total. The second-order valence-corrected chi connectivity index (χ2v) is 7.37. The molecule has 3 aromatic carbocycles. The maximum atomic E-state index is 6.42. The van der Waals surface area contributed by atoms with Gasteiger partial charge in [-0.15, -0.1) is 5.10 Å². The van der Waals surface area contributed by atoms with Crippen LogP contribution in [0.1, 0.15) is 22.5 Å². The number of tetrazole rings is 1. The smallest absolute Gasteiger partial charge is 0.165 e. The SMILES string of the molecule is Clc1ccccc1CN(Cc1ccccc1)Cc1nnnn1Cc1ccccc1. The molecule has 0 unspecified atom stereocenters. The maximum Gasteiger partial charge on any atom is 0.165 e. The van der Waals surface area contributed by atoms with Gasteiger partial charge in [0.25, 0.3) is 0 Å². The van der Waals surface area contributed by atoms with Gasteiger partial charge in [0.15, 0.2) is 5.82 Å². The second-order valence-electron chi connectivity index (χ2n) is 6.96. The van der Waals surface area contributed by atoms with Crippen molar-refractivity contribution >= 4 is 11.6 Å². The van der Waals surface area contributed by atoms with Crippen LogP contribution in [0.5, 0.6) is 0 Å². The molecule has 0 amide bonds. The summed E-state index contributed by atoms with van der Waals surface area (Å²) in [4.78, 5) is 2.31. The summed E-state index contributed by atoms with van der Waals surface area (Å²) in [5.41, 5.74) is 3.50. The molecular weight excluding hydrogens is 382 g/mol. The highest BCUT2D eigenvalue weighted by molar-refractivity contribution is 6.31. The van der Waals surface area contributed by atoms with Gasteiger partial charge in [-0.25, -0.2) is 4.68 Å². The van der Waals surface area contributed by atoms with Gasteiger partial charge >= 0.3 is 0 Å². The monoisotopic (exact) mass is 403 g/mol. The molecule has 1 aromatic heterocycles. The fraction of sp³-hybridized carbons (Fsp3) is 0.174. The van der Waals surface area contributed by atoms with Crippen LogP contribution >= 0.6 is 11.6 Å². The first kappa shape index (κ1) is 19.3. The van der Waals surface area contributed by atoms with E-state index in [9.17, 15) is 0 Å². The van der Waals surface area contributed by atoms with Crippen LogP contribution in [0.4, 0.5) is 0 Å². The van der Waals surface area contributed by atoms with E-state index in [1.54, 1.807) is 0 Å². The first-order valence-corrected chi connectivity index (χ1v) is 9.94. The Hall–Kier alpha value is -3.02. The fourth-order valence-corrected chi connectivity index (χ4v) is 3.49. The lowest BCUT2D eigenvalue weighted by atomic mass is 10.1. The molecular formula is C23H22ClN5. The molecule has 1 heterocycles. The summed E-state index contributed by atoms with van der Waals surface area (Å²) < 4.78 is 1.86. The Balaban J connectivity index is 1.55. The van der Waals surface area contributed by atoms with Crippen molar-refractivity contribution in [2.24, 2.45) is 0 Å². The largest absolute Gasteiger partial charge is 0.287 e. The van der Waals surface area contributed by atoms with Gasteiger partial charge in [0.05, 0.1) is 13.1 Å². The van der Waals surface area contributed by atoms with Crippen molar-refractivity contribution in [2.45, 2.75) is 26.2 Å². The number of halogens is 1. The Morgan fingerprint density at radius 2 is 1.38 bits per heavy atom. The van der Waals surface area contributed by atoms with Crippen molar-refractivity contribution in [3.8, 4) is 0 Å². The van der Waals surface area contributed by atoms with Gasteiger partial charge in [0.1, 0.15) is 0 Å². The van der Waals surface area contributed by atoms with Crippen LogP contribution in [0.3, 0.4) is 0 Å². The Morgan fingerprint density at radius 1 is 0.724 bits per heavy atom. The summed E-state index contributed by atoms with van der Waals surface area (Å²) in [5.74, 6) is 0.830. The van der Waals surface area contributed by atoms with E-state index >= 15 is 0 Å². The molecule has 0 atom stereocenters. The molecule has 0 spiro atoms. The minimum atomic E-state index is 0.625. The van der Waals surface area contributed by atoms with Crippen molar-refractivity contribution in [1.82, 2.24) is 25.1 Å². The predicted octanol–water partition coefficient (Wildman–Crippen LogP) is 4.58. The van der Waals surface area contributed by atoms with Crippen LogP contribution in [-0.4, -0.2) is 25.1 Å². The predicted molar refractivity (Wildman–Crippen MR) is 114 cm³/mol. The van der Waals surface area contributed by atoms with Crippen molar-refractivity contribution in [2.75, 3.05) is 0 Å². The zero-order valence-electron chi connectivity index (χ0n) is 16.0. The molecule has 6 heteroatoms. The molecule has 0 saturated carbocycles. The van der Waals surface area contributed by atoms with Crippen LogP contribution in [-0.2, 0) is 26.2 Å². The molecule has 0 N–H and O–H groups in total. The second kappa shape index (κ2) is 9.45. The minimum Gasteiger partial charge on any atom is -0.287 e. The van der Waals surface area contributed by atoms with E-state index in [1.165, 1.54) is 11.1 Å². The lowest BCUT2D eigenvalue weighted by Crippen LogP contribution is -2.25. The molecule has 4 rings (SSSR count). The lowest BCUT2D eigenvalue weighted by Gasteiger charge is -2.22. The van der Waals surface area contributed by atoms with Crippen LogP contribution in [0.2, 0.25) is 5.02 Å². The summed E-state index contributed by atoms with van der Waals surface area (Å²) in [7, 11) is 0. The summed E-state index contributed by atoms with van der Waals surface area (Å²) in [6.07, 6.45) is 0. The van der Waals surface area contributed by atoms with Crippen molar-refractivity contribution < 1.29 is 0 Å². The van der Waals surface area contributed by atoms with Crippen molar-refractivity contribution in [1.29, 1.82) is 0 Å². The van der Waals surface area contributed by atoms with E-state index in [0.717, 1.165) is 23.0 Å². The molecule has 0 bridgehead atoms. The Labute approximate surface area is 175 Å². The average molecular weight is 404 g/mol. The molecule has 29 heavy (non-hydrogen) atoms. The zero-order chi connectivity index (χ0) is 19.9. The minimum absolute atomic E-state index is 0.625. The molecule has 146 valence electrons. The van der Waals surface area contributed by atoms with Crippen LogP contribution < -0.4 is 0 Å². The van der Waals surface area contributed by atoms with E-state index in [4.69, 9.17) is 11.6 Å². The first-order chi connectivity index (χ1) is 14.3. The summed E-state index contributed by atoms with van der Waals surface area (Å²) in [6, 6.07) is 28.6. The average Bonchev–Trinajstić information content (AvgIpc) is 3.17. The quantitative estimate of drug-likeness (QED) is 0.432. The van der Waals surface area contributed by atoms with E-state index in [-0.39, 0.29) is 0 Å². The van der Waals surface area contributed by atoms with Crippen LogP contribution in [0.15, 0.2) is 84.9 Å². The fourth-order valence-electron chi connectivity index (χ4n) is 3.29. The van der Waals surface area contributed by atoms with Gasteiger partial charge in [0.2, 0.25) is 0 Å². The van der Waals surface area contributed by atoms with Crippen molar-refractivity contribution in [3.63, 3.8) is 0 Å². The number of rotatable bonds is 8. The molecule has 0 fully saturated rings. The zero-order valence-corrected chi connectivity index (χ0v) is 16.8. The highest BCUT2D eigenvalue weighted by atomic mass is 35.5. The van der Waals surface area contributed by atoms with Gasteiger partial charge < -0.3 is 0 Å².